The fourth-order valence-corrected chi connectivity index (χ4v) is 4.57. The monoisotopic (exact) mass is 421 g/mol. The van der Waals surface area contributed by atoms with Gasteiger partial charge in [0.15, 0.2) is 0 Å². The van der Waals surface area contributed by atoms with Crippen LogP contribution in [0.1, 0.15) is 57.3 Å². The molecule has 5 atom stereocenters. The number of fused-ring (bicyclic) bond motifs is 2. The van der Waals surface area contributed by atoms with E-state index in [0.29, 0.717) is 24.0 Å². The van der Waals surface area contributed by atoms with Gasteiger partial charge in [0.2, 0.25) is 0 Å². The summed E-state index contributed by atoms with van der Waals surface area (Å²) in [6, 6.07) is 7.12. The molecule has 0 amide bonds. The summed E-state index contributed by atoms with van der Waals surface area (Å²) in [6.07, 6.45) is 3.21. The second-order valence-corrected chi connectivity index (χ2v) is 8.85. The van der Waals surface area contributed by atoms with Crippen molar-refractivity contribution < 1.29 is 14.4 Å². The minimum absolute atomic E-state index is 0.00414. The standard InChI is InChI=1S/C21H28BrNO3/c1-5-13(2)19(18-12-25-21(4)11-10-17(18)14(21)3)23-26-20(24)15-6-8-16(22)9-7-15/h6-9,13-14,17-18H,5,10-12H2,1-4H3/b23-19+/t13-,14-,17+,18+,21-/m1/s1. The number of nitrogens with zero attached hydrogens (tertiary/aromatic N) is 1. The highest BCUT2D eigenvalue weighted by Crippen LogP contribution is 2.50. The molecular weight excluding hydrogens is 394 g/mol. The van der Waals surface area contributed by atoms with Gasteiger partial charge in [-0.3, -0.25) is 0 Å². The molecule has 0 unspecified atom stereocenters. The van der Waals surface area contributed by atoms with Gasteiger partial charge in [-0.2, -0.15) is 0 Å². The Morgan fingerprint density at radius 1 is 1.42 bits per heavy atom. The third kappa shape index (κ3) is 3.74. The van der Waals surface area contributed by atoms with E-state index in [4.69, 9.17) is 9.57 Å². The number of halogens is 1. The molecule has 2 fully saturated rings. The largest absolute Gasteiger partial charge is 0.374 e. The fourth-order valence-electron chi connectivity index (χ4n) is 4.31. The first-order valence-electron chi connectivity index (χ1n) is 9.54. The van der Waals surface area contributed by atoms with Crippen molar-refractivity contribution in [3.05, 3.63) is 34.3 Å². The summed E-state index contributed by atoms with van der Waals surface area (Å²) in [5, 5.41) is 4.37. The van der Waals surface area contributed by atoms with Crippen molar-refractivity contribution in [1.82, 2.24) is 0 Å². The molecule has 0 N–H and O–H groups in total. The van der Waals surface area contributed by atoms with Gasteiger partial charge in [0.25, 0.3) is 0 Å². The van der Waals surface area contributed by atoms with Crippen LogP contribution in [0.15, 0.2) is 33.9 Å². The Balaban J connectivity index is 1.79. The van der Waals surface area contributed by atoms with Crippen LogP contribution >= 0.6 is 15.9 Å². The molecule has 0 aromatic heterocycles. The second-order valence-electron chi connectivity index (χ2n) is 7.93. The van der Waals surface area contributed by atoms with Gasteiger partial charge in [-0.1, -0.05) is 41.9 Å². The van der Waals surface area contributed by atoms with E-state index >= 15 is 0 Å². The molecule has 0 spiro atoms. The van der Waals surface area contributed by atoms with E-state index in [1.807, 2.05) is 12.1 Å². The third-order valence-corrected chi connectivity index (χ3v) is 7.03. The molecule has 1 aromatic carbocycles. The minimum Gasteiger partial charge on any atom is -0.374 e. The van der Waals surface area contributed by atoms with Gasteiger partial charge in [-0.15, -0.1) is 0 Å². The van der Waals surface area contributed by atoms with Crippen molar-refractivity contribution in [2.75, 3.05) is 6.61 Å². The van der Waals surface area contributed by atoms with Gasteiger partial charge < -0.3 is 9.57 Å². The molecule has 26 heavy (non-hydrogen) atoms. The van der Waals surface area contributed by atoms with Crippen molar-refractivity contribution in [3.8, 4) is 0 Å². The Morgan fingerprint density at radius 2 is 2.12 bits per heavy atom. The van der Waals surface area contributed by atoms with Crippen LogP contribution in [0.25, 0.3) is 0 Å². The summed E-state index contributed by atoms with van der Waals surface area (Å²) in [4.78, 5) is 17.7. The van der Waals surface area contributed by atoms with Crippen molar-refractivity contribution in [2.45, 2.75) is 52.6 Å². The Labute approximate surface area is 164 Å². The molecule has 1 saturated carbocycles. The highest BCUT2D eigenvalue weighted by atomic mass is 79.9. The SMILES string of the molecule is CC[C@@H](C)/C(=N\OC(=O)c1ccc(Br)cc1)[C@H]1CO[C@]2(C)CC[C@H]1[C@H]2C. The lowest BCUT2D eigenvalue weighted by molar-refractivity contribution is -0.104. The zero-order valence-electron chi connectivity index (χ0n) is 16.0. The van der Waals surface area contributed by atoms with Gasteiger partial charge in [0.1, 0.15) is 0 Å². The molecule has 142 valence electrons. The second kappa shape index (κ2) is 7.81. The average molecular weight is 422 g/mol. The van der Waals surface area contributed by atoms with Gasteiger partial charge in [-0.25, -0.2) is 4.79 Å². The number of ether oxygens (including phenoxy) is 1. The Bertz CT molecular complexity index is 687. The van der Waals surface area contributed by atoms with Crippen LogP contribution in [0.5, 0.6) is 0 Å². The van der Waals surface area contributed by atoms with Crippen LogP contribution < -0.4 is 0 Å². The van der Waals surface area contributed by atoms with Crippen LogP contribution in [-0.2, 0) is 9.57 Å². The van der Waals surface area contributed by atoms with Gasteiger partial charge >= 0.3 is 5.97 Å². The summed E-state index contributed by atoms with van der Waals surface area (Å²) >= 11 is 3.37. The first kappa shape index (κ1) is 19.6. The van der Waals surface area contributed by atoms with Crippen LogP contribution in [0.3, 0.4) is 0 Å². The van der Waals surface area contributed by atoms with E-state index < -0.39 is 5.97 Å². The molecular formula is C21H28BrNO3. The summed E-state index contributed by atoms with van der Waals surface area (Å²) in [5.41, 5.74) is 1.47. The Kier molecular flexibility index (Phi) is 5.88. The zero-order chi connectivity index (χ0) is 18.9. The van der Waals surface area contributed by atoms with Crippen molar-refractivity contribution in [3.63, 3.8) is 0 Å². The van der Waals surface area contributed by atoms with E-state index in [9.17, 15) is 4.79 Å². The normalized spacial score (nSPS) is 32.3. The molecule has 5 heteroatoms. The molecule has 1 saturated heterocycles. The van der Waals surface area contributed by atoms with Crippen LogP contribution in [0, 0.1) is 23.7 Å². The summed E-state index contributed by atoms with van der Waals surface area (Å²) < 4.78 is 7.16. The van der Waals surface area contributed by atoms with Gasteiger partial charge in [0, 0.05) is 10.4 Å². The van der Waals surface area contributed by atoms with E-state index in [2.05, 4.69) is 48.8 Å². The molecule has 3 rings (SSSR count). The Morgan fingerprint density at radius 3 is 2.77 bits per heavy atom. The quantitative estimate of drug-likeness (QED) is 0.360. The minimum atomic E-state index is -0.417. The first-order valence-corrected chi connectivity index (χ1v) is 10.3. The number of rotatable bonds is 5. The number of hydrogen-bond donors (Lipinski definition) is 0. The lowest BCUT2D eigenvalue weighted by atomic mass is 9.74. The maximum Gasteiger partial charge on any atom is 0.365 e. The summed E-state index contributed by atoms with van der Waals surface area (Å²) in [5.74, 6) is 1.12. The van der Waals surface area contributed by atoms with E-state index in [-0.39, 0.29) is 17.4 Å². The van der Waals surface area contributed by atoms with E-state index in [1.54, 1.807) is 12.1 Å². The lowest BCUT2D eigenvalue weighted by Gasteiger charge is -2.42. The van der Waals surface area contributed by atoms with Gasteiger partial charge in [0.05, 0.1) is 23.5 Å². The highest BCUT2D eigenvalue weighted by molar-refractivity contribution is 9.10. The predicted octanol–water partition coefficient (Wildman–Crippen LogP) is 5.46. The van der Waals surface area contributed by atoms with Crippen LogP contribution in [0.4, 0.5) is 0 Å². The topological polar surface area (TPSA) is 47.9 Å². The Hall–Kier alpha value is -1.20. The predicted molar refractivity (Wildman–Crippen MR) is 106 cm³/mol. The summed E-state index contributed by atoms with van der Waals surface area (Å²) in [6.45, 7) is 9.47. The van der Waals surface area contributed by atoms with Crippen molar-refractivity contribution >= 4 is 27.6 Å². The number of benzene rings is 1. The molecule has 2 bridgehead atoms. The van der Waals surface area contributed by atoms with Gasteiger partial charge in [-0.05, 0) is 68.2 Å². The number of hydrogen-bond acceptors (Lipinski definition) is 4. The molecule has 1 aliphatic carbocycles. The molecule has 2 aliphatic rings. The third-order valence-electron chi connectivity index (χ3n) is 6.50. The highest BCUT2D eigenvalue weighted by Gasteiger charge is 2.52. The molecule has 0 radical (unpaired) electrons. The smallest absolute Gasteiger partial charge is 0.365 e. The van der Waals surface area contributed by atoms with Crippen LogP contribution in [0.2, 0.25) is 0 Å². The van der Waals surface area contributed by atoms with Crippen molar-refractivity contribution in [1.29, 1.82) is 0 Å². The fraction of sp³-hybridized carbons (Fsp3) is 0.619. The number of carbonyl (C=O) groups is 1. The number of carbonyl (C=O) groups excluding carboxylic acids is 1. The molecule has 4 nitrogen and oxygen atoms in total. The maximum atomic E-state index is 12.4. The molecule has 1 aliphatic heterocycles. The maximum absolute atomic E-state index is 12.4. The lowest BCUT2D eigenvalue weighted by Crippen LogP contribution is -2.46. The van der Waals surface area contributed by atoms with E-state index in [0.717, 1.165) is 29.4 Å². The van der Waals surface area contributed by atoms with E-state index in [1.165, 1.54) is 0 Å². The molecule has 1 aromatic rings. The number of oxime groups is 1. The zero-order valence-corrected chi connectivity index (χ0v) is 17.6. The molecule has 1 heterocycles. The van der Waals surface area contributed by atoms with Crippen molar-refractivity contribution in [2.24, 2.45) is 28.8 Å². The average Bonchev–Trinajstić information content (AvgIpc) is 2.81. The van der Waals surface area contributed by atoms with Crippen LogP contribution in [-0.4, -0.2) is 23.9 Å². The summed E-state index contributed by atoms with van der Waals surface area (Å²) in [7, 11) is 0. The first-order chi connectivity index (χ1) is 12.4.